The molecule has 0 amide bonds. The number of allylic oxidation sites excluding steroid dienone is 1. The lowest BCUT2D eigenvalue weighted by atomic mass is 10.0. The Morgan fingerprint density at radius 3 is 2.71 bits per heavy atom. The van der Waals surface area contributed by atoms with Crippen LogP contribution >= 0.6 is 0 Å². The Labute approximate surface area is 127 Å². The third-order valence-electron chi connectivity index (χ3n) is 4.18. The van der Waals surface area contributed by atoms with Gasteiger partial charge in [-0.3, -0.25) is 4.79 Å². The Balaban J connectivity index is 1.40. The van der Waals surface area contributed by atoms with E-state index in [1.165, 1.54) is 19.3 Å². The molecule has 120 valence electrons. The fourth-order valence-electron chi connectivity index (χ4n) is 2.93. The summed E-state index contributed by atoms with van der Waals surface area (Å²) in [6.07, 6.45) is 11.4. The zero-order valence-corrected chi connectivity index (χ0v) is 12.9. The number of aliphatic hydroxyl groups is 1. The fraction of sp³-hybridized carbons (Fsp3) is 0.824. The van der Waals surface area contributed by atoms with E-state index < -0.39 is 6.10 Å². The zero-order chi connectivity index (χ0) is 14.9. The summed E-state index contributed by atoms with van der Waals surface area (Å²) in [6.45, 7) is 1.63. The number of unbranched alkanes of at least 4 members (excludes halogenated alkanes) is 4. The molecule has 0 aromatic carbocycles. The predicted molar refractivity (Wildman–Crippen MR) is 81.0 cm³/mol. The molecule has 0 aromatic heterocycles. The van der Waals surface area contributed by atoms with E-state index in [0.717, 1.165) is 57.3 Å². The normalized spacial score (nSPS) is 26.1. The van der Waals surface area contributed by atoms with Gasteiger partial charge in [0.1, 0.15) is 0 Å². The van der Waals surface area contributed by atoms with Crippen molar-refractivity contribution in [2.75, 3.05) is 13.2 Å². The molecule has 2 aliphatic rings. The largest absolute Gasteiger partial charge is 0.389 e. The van der Waals surface area contributed by atoms with Crippen LogP contribution in [0.15, 0.2) is 11.6 Å². The third kappa shape index (κ3) is 6.29. The molecule has 0 aromatic rings. The predicted octanol–water partition coefficient (Wildman–Crippen LogP) is 3.13. The highest BCUT2D eigenvalue weighted by molar-refractivity contribution is 5.98. The van der Waals surface area contributed by atoms with E-state index in [1.54, 1.807) is 6.08 Å². The lowest BCUT2D eigenvalue weighted by Gasteiger charge is -2.22. The van der Waals surface area contributed by atoms with Crippen molar-refractivity contribution in [1.29, 1.82) is 0 Å². The van der Waals surface area contributed by atoms with E-state index in [9.17, 15) is 9.90 Å². The molecule has 4 heteroatoms. The number of carbonyl (C=O) groups excluding carboxylic acids is 1. The second-order valence-electron chi connectivity index (χ2n) is 6.07. The van der Waals surface area contributed by atoms with Crippen molar-refractivity contribution < 1.29 is 19.4 Å². The van der Waals surface area contributed by atoms with E-state index in [4.69, 9.17) is 9.47 Å². The SMILES string of the molecule is O=C1CC(O)C=C1CCCCCCCOC1CCCCO1. The van der Waals surface area contributed by atoms with Crippen LogP contribution in [0.5, 0.6) is 0 Å². The molecule has 2 unspecified atom stereocenters. The number of Topliss-reactive ketones (excluding diaryl/α,β-unsaturated/α-hetero) is 1. The Hall–Kier alpha value is -0.710. The first-order chi connectivity index (χ1) is 10.3. The third-order valence-corrected chi connectivity index (χ3v) is 4.18. The molecule has 21 heavy (non-hydrogen) atoms. The summed E-state index contributed by atoms with van der Waals surface area (Å²) in [6, 6.07) is 0. The molecule has 0 spiro atoms. The standard InChI is InChI=1S/C17H28O4/c18-15-12-14(16(19)13-15)8-4-2-1-3-6-10-20-17-9-5-7-11-21-17/h12,15,17-18H,1-11,13H2. The summed E-state index contributed by atoms with van der Waals surface area (Å²) in [5.74, 6) is 0.128. The van der Waals surface area contributed by atoms with Gasteiger partial charge in [0.25, 0.3) is 0 Å². The Kier molecular flexibility index (Phi) is 7.41. The maximum absolute atomic E-state index is 11.5. The fourth-order valence-corrected chi connectivity index (χ4v) is 2.93. The summed E-state index contributed by atoms with van der Waals surface area (Å²) in [5, 5.41) is 9.36. The second kappa shape index (κ2) is 9.34. The number of carbonyl (C=O) groups is 1. The molecular weight excluding hydrogens is 268 g/mol. The van der Waals surface area contributed by atoms with Gasteiger partial charge < -0.3 is 14.6 Å². The number of ether oxygens (including phenoxy) is 2. The molecule has 1 saturated heterocycles. The van der Waals surface area contributed by atoms with Crippen molar-refractivity contribution in [3.63, 3.8) is 0 Å². The number of hydrogen-bond acceptors (Lipinski definition) is 4. The number of ketones is 1. The van der Waals surface area contributed by atoms with Crippen LogP contribution in [-0.2, 0) is 14.3 Å². The molecule has 1 fully saturated rings. The van der Waals surface area contributed by atoms with Gasteiger partial charge >= 0.3 is 0 Å². The number of aliphatic hydroxyl groups excluding tert-OH is 1. The van der Waals surface area contributed by atoms with E-state index in [2.05, 4.69) is 0 Å². The Morgan fingerprint density at radius 2 is 2.00 bits per heavy atom. The van der Waals surface area contributed by atoms with Gasteiger partial charge in [0.05, 0.1) is 6.10 Å². The number of hydrogen-bond donors (Lipinski definition) is 1. The number of rotatable bonds is 9. The van der Waals surface area contributed by atoms with Crippen LogP contribution in [0.25, 0.3) is 0 Å². The average molecular weight is 296 g/mol. The molecular formula is C17H28O4. The van der Waals surface area contributed by atoms with Crippen LogP contribution in [-0.4, -0.2) is 36.5 Å². The van der Waals surface area contributed by atoms with E-state index in [0.29, 0.717) is 0 Å². The summed E-state index contributed by atoms with van der Waals surface area (Å²) in [7, 11) is 0. The molecule has 1 N–H and O–H groups in total. The smallest absolute Gasteiger partial charge is 0.161 e. The van der Waals surface area contributed by atoms with Crippen molar-refractivity contribution in [2.24, 2.45) is 0 Å². The van der Waals surface area contributed by atoms with Gasteiger partial charge in [-0.05, 0) is 50.2 Å². The minimum atomic E-state index is -0.536. The lowest BCUT2D eigenvalue weighted by Crippen LogP contribution is -2.22. The molecule has 0 radical (unpaired) electrons. The molecule has 0 saturated carbocycles. The Morgan fingerprint density at radius 1 is 1.19 bits per heavy atom. The van der Waals surface area contributed by atoms with Gasteiger partial charge in [-0.2, -0.15) is 0 Å². The monoisotopic (exact) mass is 296 g/mol. The van der Waals surface area contributed by atoms with E-state index in [1.807, 2.05) is 0 Å². The van der Waals surface area contributed by atoms with Gasteiger partial charge in [0.2, 0.25) is 0 Å². The topological polar surface area (TPSA) is 55.8 Å². The molecule has 4 nitrogen and oxygen atoms in total. The van der Waals surface area contributed by atoms with Crippen LogP contribution < -0.4 is 0 Å². The van der Waals surface area contributed by atoms with E-state index >= 15 is 0 Å². The zero-order valence-electron chi connectivity index (χ0n) is 12.9. The average Bonchev–Trinajstić information content (AvgIpc) is 2.81. The van der Waals surface area contributed by atoms with Crippen LogP contribution in [0.1, 0.15) is 64.2 Å². The highest BCUT2D eigenvalue weighted by Crippen LogP contribution is 2.21. The maximum atomic E-state index is 11.5. The van der Waals surface area contributed by atoms with Crippen LogP contribution in [0.3, 0.4) is 0 Å². The lowest BCUT2D eigenvalue weighted by molar-refractivity contribution is -0.162. The van der Waals surface area contributed by atoms with Crippen molar-refractivity contribution in [3.8, 4) is 0 Å². The van der Waals surface area contributed by atoms with Crippen molar-refractivity contribution in [1.82, 2.24) is 0 Å². The van der Waals surface area contributed by atoms with Gasteiger partial charge in [-0.1, -0.05) is 19.3 Å². The summed E-state index contributed by atoms with van der Waals surface area (Å²) >= 11 is 0. The minimum Gasteiger partial charge on any atom is -0.389 e. The second-order valence-corrected chi connectivity index (χ2v) is 6.07. The molecule has 1 aliphatic carbocycles. The quantitative estimate of drug-likeness (QED) is 0.664. The van der Waals surface area contributed by atoms with Crippen molar-refractivity contribution in [3.05, 3.63) is 11.6 Å². The van der Waals surface area contributed by atoms with Gasteiger partial charge in [0.15, 0.2) is 12.1 Å². The summed E-state index contributed by atoms with van der Waals surface area (Å²) in [5.41, 5.74) is 0.834. The maximum Gasteiger partial charge on any atom is 0.161 e. The first-order valence-electron chi connectivity index (χ1n) is 8.41. The molecule has 2 atom stereocenters. The van der Waals surface area contributed by atoms with Crippen LogP contribution in [0, 0.1) is 0 Å². The summed E-state index contributed by atoms with van der Waals surface area (Å²) in [4.78, 5) is 11.5. The van der Waals surface area contributed by atoms with Crippen LogP contribution in [0.4, 0.5) is 0 Å². The first-order valence-corrected chi connectivity index (χ1v) is 8.41. The van der Waals surface area contributed by atoms with Gasteiger partial charge in [0, 0.05) is 19.6 Å². The van der Waals surface area contributed by atoms with Gasteiger partial charge in [-0.15, -0.1) is 0 Å². The first kappa shape index (κ1) is 16.7. The summed E-state index contributed by atoms with van der Waals surface area (Å²) < 4.78 is 11.2. The highest BCUT2D eigenvalue weighted by Gasteiger charge is 2.21. The molecule has 1 heterocycles. The van der Waals surface area contributed by atoms with Gasteiger partial charge in [-0.25, -0.2) is 0 Å². The molecule has 2 rings (SSSR count). The Bertz CT molecular complexity index is 345. The molecule has 1 aliphatic heterocycles. The van der Waals surface area contributed by atoms with Crippen molar-refractivity contribution in [2.45, 2.75) is 76.6 Å². The van der Waals surface area contributed by atoms with Crippen molar-refractivity contribution >= 4 is 5.78 Å². The minimum absolute atomic E-state index is 0.0329. The molecule has 0 bridgehead atoms. The highest BCUT2D eigenvalue weighted by atomic mass is 16.7. The van der Waals surface area contributed by atoms with E-state index in [-0.39, 0.29) is 18.5 Å². The van der Waals surface area contributed by atoms with Crippen LogP contribution in [0.2, 0.25) is 0 Å².